The molecule has 1 aromatic carbocycles. The second-order valence-corrected chi connectivity index (χ2v) is 4.90. The summed E-state index contributed by atoms with van der Waals surface area (Å²) in [6.07, 6.45) is 0. The molecule has 0 heterocycles. The van der Waals surface area contributed by atoms with Gasteiger partial charge in [-0.05, 0) is 19.1 Å². The van der Waals surface area contributed by atoms with E-state index in [2.05, 4.69) is 5.32 Å². The number of ether oxygens (including phenoxy) is 3. The van der Waals surface area contributed by atoms with Crippen molar-refractivity contribution in [2.45, 2.75) is 6.92 Å². The summed E-state index contributed by atoms with van der Waals surface area (Å²) in [6.45, 7) is 2.08. The summed E-state index contributed by atoms with van der Waals surface area (Å²) in [6, 6.07) is 5.11. The van der Waals surface area contributed by atoms with Gasteiger partial charge in [0.2, 0.25) is 5.91 Å². The number of benzene rings is 1. The lowest BCUT2D eigenvalue weighted by molar-refractivity contribution is -0.139. The smallest absolute Gasteiger partial charge is 0.315 e. The van der Waals surface area contributed by atoms with Crippen LogP contribution in [0.5, 0.6) is 11.5 Å². The highest BCUT2D eigenvalue weighted by Crippen LogP contribution is 2.29. The van der Waals surface area contributed by atoms with E-state index in [1.807, 2.05) is 0 Å². The lowest BCUT2D eigenvalue weighted by Crippen LogP contribution is -2.16. The standard InChI is InChI=1S/C14H19NO5S/c1-4-20-14(17)9-21-8-13(16)15-11-6-5-10(18-2)7-12(11)19-3/h5-7H,4,8-9H2,1-3H3,(H,15,16). The average Bonchev–Trinajstić information content (AvgIpc) is 2.48. The van der Waals surface area contributed by atoms with E-state index in [4.69, 9.17) is 14.2 Å². The van der Waals surface area contributed by atoms with Gasteiger partial charge in [0.1, 0.15) is 11.5 Å². The van der Waals surface area contributed by atoms with Gasteiger partial charge in [-0.3, -0.25) is 9.59 Å². The first-order chi connectivity index (χ1) is 10.1. The third kappa shape index (κ3) is 5.95. The van der Waals surface area contributed by atoms with Crippen LogP contribution in [0.15, 0.2) is 18.2 Å². The topological polar surface area (TPSA) is 73.9 Å². The van der Waals surface area contributed by atoms with Crippen LogP contribution in [0.4, 0.5) is 5.69 Å². The number of methoxy groups -OCH3 is 2. The van der Waals surface area contributed by atoms with Crippen molar-refractivity contribution >= 4 is 29.3 Å². The summed E-state index contributed by atoms with van der Waals surface area (Å²) in [7, 11) is 3.07. The summed E-state index contributed by atoms with van der Waals surface area (Å²) >= 11 is 1.20. The number of nitrogens with one attached hydrogen (secondary N) is 1. The van der Waals surface area contributed by atoms with Crippen molar-refractivity contribution in [3.63, 3.8) is 0 Å². The Labute approximate surface area is 128 Å². The highest BCUT2D eigenvalue weighted by atomic mass is 32.2. The number of carbonyl (C=O) groups excluding carboxylic acids is 2. The van der Waals surface area contributed by atoms with Crippen molar-refractivity contribution in [2.75, 3.05) is 37.6 Å². The van der Waals surface area contributed by atoms with Crippen LogP contribution in [0, 0.1) is 0 Å². The lowest BCUT2D eigenvalue weighted by Gasteiger charge is -2.11. The van der Waals surface area contributed by atoms with Crippen LogP contribution in [-0.4, -0.2) is 44.2 Å². The fraction of sp³-hybridized carbons (Fsp3) is 0.429. The van der Waals surface area contributed by atoms with Gasteiger partial charge in [0.05, 0.1) is 38.0 Å². The number of thioether (sulfide) groups is 1. The van der Waals surface area contributed by atoms with Crippen molar-refractivity contribution in [2.24, 2.45) is 0 Å². The molecule has 1 N–H and O–H groups in total. The molecule has 0 unspecified atom stereocenters. The van der Waals surface area contributed by atoms with E-state index in [1.54, 1.807) is 32.2 Å². The van der Waals surface area contributed by atoms with Crippen molar-refractivity contribution in [1.82, 2.24) is 0 Å². The van der Waals surface area contributed by atoms with E-state index in [0.717, 1.165) is 0 Å². The highest BCUT2D eigenvalue weighted by Gasteiger charge is 2.10. The number of rotatable bonds is 8. The van der Waals surface area contributed by atoms with Crippen LogP contribution >= 0.6 is 11.8 Å². The molecule has 1 rings (SSSR count). The average molecular weight is 313 g/mol. The SMILES string of the molecule is CCOC(=O)CSCC(=O)Nc1ccc(OC)cc1OC. The zero-order valence-electron chi connectivity index (χ0n) is 12.3. The first-order valence-corrected chi connectivity index (χ1v) is 7.51. The molecule has 0 spiro atoms. The molecule has 0 saturated heterocycles. The summed E-state index contributed by atoms with van der Waals surface area (Å²) in [5.41, 5.74) is 0.556. The Morgan fingerprint density at radius 1 is 1.19 bits per heavy atom. The third-order valence-electron chi connectivity index (χ3n) is 2.44. The van der Waals surface area contributed by atoms with Crippen LogP contribution in [-0.2, 0) is 14.3 Å². The highest BCUT2D eigenvalue weighted by molar-refractivity contribution is 8.00. The van der Waals surface area contributed by atoms with Crippen molar-refractivity contribution in [1.29, 1.82) is 0 Å². The minimum absolute atomic E-state index is 0.154. The van der Waals surface area contributed by atoms with Gasteiger partial charge >= 0.3 is 5.97 Å². The molecular formula is C14H19NO5S. The molecule has 116 valence electrons. The summed E-state index contributed by atoms with van der Waals surface area (Å²) < 4.78 is 15.0. The molecule has 21 heavy (non-hydrogen) atoms. The largest absolute Gasteiger partial charge is 0.497 e. The Hall–Kier alpha value is -1.89. The summed E-state index contributed by atoms with van der Waals surface area (Å²) in [5, 5.41) is 2.73. The van der Waals surface area contributed by atoms with Gasteiger partial charge in [-0.1, -0.05) is 0 Å². The molecule has 1 amide bonds. The first kappa shape index (κ1) is 17.2. The number of carbonyl (C=O) groups is 2. The molecule has 0 aliphatic carbocycles. The van der Waals surface area contributed by atoms with Crippen LogP contribution in [0.3, 0.4) is 0 Å². The fourth-order valence-corrected chi connectivity index (χ4v) is 2.13. The Morgan fingerprint density at radius 3 is 2.57 bits per heavy atom. The molecule has 1 aromatic rings. The van der Waals surface area contributed by atoms with E-state index >= 15 is 0 Å². The Balaban J connectivity index is 2.49. The Bertz CT molecular complexity index is 492. The predicted octanol–water partition coefficient (Wildman–Crippen LogP) is 1.94. The minimum Gasteiger partial charge on any atom is -0.497 e. The van der Waals surface area contributed by atoms with Crippen molar-refractivity contribution in [3.05, 3.63) is 18.2 Å². The van der Waals surface area contributed by atoms with Gasteiger partial charge in [-0.25, -0.2) is 0 Å². The van der Waals surface area contributed by atoms with E-state index in [9.17, 15) is 9.59 Å². The zero-order chi connectivity index (χ0) is 15.7. The molecule has 7 heteroatoms. The molecule has 0 atom stereocenters. The van der Waals surface area contributed by atoms with E-state index < -0.39 is 0 Å². The molecule has 0 fully saturated rings. The lowest BCUT2D eigenvalue weighted by atomic mass is 10.2. The first-order valence-electron chi connectivity index (χ1n) is 6.36. The predicted molar refractivity (Wildman–Crippen MR) is 82.1 cm³/mol. The quantitative estimate of drug-likeness (QED) is 0.739. The van der Waals surface area contributed by atoms with Gasteiger partial charge in [0, 0.05) is 6.07 Å². The van der Waals surface area contributed by atoms with Gasteiger partial charge in [0.15, 0.2) is 0 Å². The molecule has 6 nitrogen and oxygen atoms in total. The second-order valence-electron chi connectivity index (χ2n) is 3.91. The van der Waals surface area contributed by atoms with Crippen molar-refractivity contribution < 1.29 is 23.8 Å². The fourth-order valence-electron chi connectivity index (χ4n) is 1.52. The van der Waals surface area contributed by atoms with E-state index in [-0.39, 0.29) is 23.4 Å². The molecule has 0 bridgehead atoms. The summed E-state index contributed by atoms with van der Waals surface area (Å²) in [5.74, 6) is 0.930. The maximum atomic E-state index is 11.8. The molecular weight excluding hydrogens is 294 g/mol. The van der Waals surface area contributed by atoms with Crippen LogP contribution in [0.1, 0.15) is 6.92 Å². The molecule has 0 aromatic heterocycles. The Morgan fingerprint density at radius 2 is 1.95 bits per heavy atom. The molecule has 0 aliphatic rings. The molecule has 0 aliphatic heterocycles. The number of hydrogen-bond acceptors (Lipinski definition) is 6. The molecule has 0 radical (unpaired) electrons. The van der Waals surface area contributed by atoms with Gasteiger partial charge in [-0.15, -0.1) is 11.8 Å². The maximum Gasteiger partial charge on any atom is 0.315 e. The van der Waals surface area contributed by atoms with E-state index in [0.29, 0.717) is 23.8 Å². The van der Waals surface area contributed by atoms with Gasteiger partial charge < -0.3 is 19.5 Å². The number of amides is 1. The zero-order valence-corrected chi connectivity index (χ0v) is 13.1. The number of anilines is 1. The second kappa shape index (κ2) is 9.12. The summed E-state index contributed by atoms with van der Waals surface area (Å²) in [4.78, 5) is 22.9. The van der Waals surface area contributed by atoms with Crippen LogP contribution in [0.25, 0.3) is 0 Å². The van der Waals surface area contributed by atoms with E-state index in [1.165, 1.54) is 18.9 Å². The monoisotopic (exact) mass is 313 g/mol. The number of esters is 1. The number of hydrogen-bond donors (Lipinski definition) is 1. The van der Waals surface area contributed by atoms with Crippen molar-refractivity contribution in [3.8, 4) is 11.5 Å². The normalized spacial score (nSPS) is 9.86. The van der Waals surface area contributed by atoms with Gasteiger partial charge in [-0.2, -0.15) is 0 Å². The third-order valence-corrected chi connectivity index (χ3v) is 3.35. The van der Waals surface area contributed by atoms with Gasteiger partial charge in [0.25, 0.3) is 0 Å². The van der Waals surface area contributed by atoms with Crippen LogP contribution < -0.4 is 14.8 Å². The maximum absolute atomic E-state index is 11.8. The Kier molecular flexibility index (Phi) is 7.45. The van der Waals surface area contributed by atoms with Crippen LogP contribution in [0.2, 0.25) is 0 Å². The minimum atomic E-state index is -0.322. The molecule has 0 saturated carbocycles.